The predicted octanol–water partition coefficient (Wildman–Crippen LogP) is 1.87. The number of nitrogens with one attached hydrogen (secondary N) is 1. The number of para-hydroxylation sites is 1. The van der Waals surface area contributed by atoms with E-state index < -0.39 is 17.1 Å². The van der Waals surface area contributed by atoms with Gasteiger partial charge in [0.1, 0.15) is 5.56 Å². The van der Waals surface area contributed by atoms with Gasteiger partial charge < -0.3 is 5.11 Å². The van der Waals surface area contributed by atoms with Gasteiger partial charge in [0.25, 0.3) is 5.56 Å². The Morgan fingerprint density at radius 3 is 2.73 bits per heavy atom. The van der Waals surface area contributed by atoms with Crippen molar-refractivity contribution < 1.29 is 5.11 Å². The van der Waals surface area contributed by atoms with Crippen LogP contribution in [0.25, 0.3) is 11.8 Å². The first-order chi connectivity index (χ1) is 10.6. The zero-order chi connectivity index (χ0) is 15.7. The van der Waals surface area contributed by atoms with Crippen molar-refractivity contribution in [3.05, 3.63) is 73.5 Å². The zero-order valence-electron chi connectivity index (χ0n) is 11.2. The Balaban J connectivity index is 2.29. The van der Waals surface area contributed by atoms with Crippen LogP contribution in [0.5, 0.6) is 5.88 Å². The van der Waals surface area contributed by atoms with E-state index in [0.29, 0.717) is 5.70 Å². The molecule has 1 aromatic carbocycles. The number of hydrogen-bond donors (Lipinski definition) is 2. The lowest BCUT2D eigenvalue weighted by Crippen LogP contribution is -2.30. The maximum Gasteiger partial charge on any atom is 0.335 e. The molecule has 0 radical (unpaired) electrons. The van der Waals surface area contributed by atoms with E-state index in [4.69, 9.17) is 11.6 Å². The summed E-state index contributed by atoms with van der Waals surface area (Å²) in [4.78, 5) is 30.1. The smallest absolute Gasteiger partial charge is 0.335 e. The molecule has 0 bridgehead atoms. The van der Waals surface area contributed by atoms with E-state index >= 15 is 0 Å². The van der Waals surface area contributed by atoms with Gasteiger partial charge in [-0.25, -0.2) is 9.36 Å². The van der Waals surface area contributed by atoms with E-state index in [1.807, 2.05) is 0 Å². The normalized spacial score (nSPS) is 14.9. The van der Waals surface area contributed by atoms with Gasteiger partial charge >= 0.3 is 5.69 Å². The Morgan fingerprint density at radius 2 is 2.05 bits per heavy atom. The number of halogens is 1. The number of hydrogen-bond acceptors (Lipinski definition) is 4. The molecule has 0 saturated heterocycles. The van der Waals surface area contributed by atoms with Crippen molar-refractivity contribution in [2.24, 2.45) is 4.99 Å². The van der Waals surface area contributed by atoms with E-state index in [9.17, 15) is 14.7 Å². The summed E-state index contributed by atoms with van der Waals surface area (Å²) in [5, 5.41) is 10.6. The Labute approximate surface area is 129 Å². The molecule has 3 rings (SSSR count). The molecule has 0 spiro atoms. The minimum Gasteiger partial charge on any atom is -0.494 e. The molecule has 0 unspecified atom stereocenters. The number of aromatic nitrogens is 2. The zero-order valence-corrected chi connectivity index (χ0v) is 11.9. The van der Waals surface area contributed by atoms with Crippen molar-refractivity contribution in [2.45, 2.75) is 0 Å². The standard InChI is InChI=1S/C15H10ClN3O3/c16-11-5-1-2-6-12(11)19-14(21)10(13(20)18-15(19)22)8-9-4-3-7-17-9/h1-8,21H,(H,18,20,22)/b9-8+. The third kappa shape index (κ3) is 2.40. The average Bonchev–Trinajstić information content (AvgIpc) is 2.98. The van der Waals surface area contributed by atoms with Gasteiger partial charge in [0.05, 0.1) is 16.4 Å². The predicted molar refractivity (Wildman–Crippen MR) is 84.9 cm³/mol. The molecule has 2 N–H and O–H groups in total. The summed E-state index contributed by atoms with van der Waals surface area (Å²) in [6.07, 6.45) is 6.31. The quantitative estimate of drug-likeness (QED) is 0.886. The van der Waals surface area contributed by atoms with Crippen LogP contribution in [0.2, 0.25) is 5.02 Å². The van der Waals surface area contributed by atoms with Crippen LogP contribution in [-0.2, 0) is 0 Å². The highest BCUT2D eigenvalue weighted by Gasteiger charge is 2.16. The van der Waals surface area contributed by atoms with Crippen molar-refractivity contribution in [3.63, 3.8) is 0 Å². The van der Waals surface area contributed by atoms with Crippen molar-refractivity contribution in [1.29, 1.82) is 0 Å². The Kier molecular flexibility index (Phi) is 3.52. The SMILES string of the molecule is O=c1[nH]c(=O)n(-c2ccccc2Cl)c(O)c1/C=C1\C=CC=N1. The molecule has 0 fully saturated rings. The van der Waals surface area contributed by atoms with Crippen molar-refractivity contribution in [3.8, 4) is 11.6 Å². The second-order valence-corrected chi connectivity index (χ2v) is 4.90. The monoisotopic (exact) mass is 315 g/mol. The second-order valence-electron chi connectivity index (χ2n) is 4.49. The first-order valence-corrected chi connectivity index (χ1v) is 6.71. The lowest BCUT2D eigenvalue weighted by molar-refractivity contribution is 0.429. The van der Waals surface area contributed by atoms with Gasteiger partial charge in [-0.15, -0.1) is 0 Å². The summed E-state index contributed by atoms with van der Waals surface area (Å²) in [5.41, 5.74) is -0.784. The van der Waals surface area contributed by atoms with Gasteiger partial charge in [0.15, 0.2) is 0 Å². The van der Waals surface area contributed by atoms with E-state index in [1.165, 1.54) is 6.08 Å². The Morgan fingerprint density at radius 1 is 1.27 bits per heavy atom. The van der Waals surface area contributed by atoms with Crippen molar-refractivity contribution >= 4 is 23.9 Å². The number of rotatable bonds is 2. The lowest BCUT2D eigenvalue weighted by Gasteiger charge is -2.11. The van der Waals surface area contributed by atoms with Crippen LogP contribution in [0, 0.1) is 0 Å². The van der Waals surface area contributed by atoms with Crippen molar-refractivity contribution in [2.75, 3.05) is 0 Å². The summed E-state index contributed by atoms with van der Waals surface area (Å²) in [5.74, 6) is -0.496. The fourth-order valence-electron chi connectivity index (χ4n) is 2.07. The number of nitrogens with zero attached hydrogens (tertiary/aromatic N) is 2. The third-order valence-electron chi connectivity index (χ3n) is 3.08. The van der Waals surface area contributed by atoms with Crippen molar-refractivity contribution in [1.82, 2.24) is 9.55 Å². The fraction of sp³-hybridized carbons (Fsp3) is 0. The summed E-state index contributed by atoms with van der Waals surface area (Å²) >= 11 is 6.05. The maximum absolute atomic E-state index is 12.0. The Hall–Kier alpha value is -2.86. The molecule has 2 heterocycles. The molecule has 0 atom stereocenters. The highest BCUT2D eigenvalue weighted by atomic mass is 35.5. The number of allylic oxidation sites excluding steroid dienone is 2. The Bertz CT molecular complexity index is 937. The van der Waals surface area contributed by atoms with E-state index in [2.05, 4.69) is 9.98 Å². The molecule has 1 aromatic heterocycles. The molecule has 1 aliphatic rings. The van der Waals surface area contributed by atoms with Crippen LogP contribution in [0.15, 0.2) is 56.7 Å². The second kappa shape index (κ2) is 5.50. The van der Waals surface area contributed by atoms with Gasteiger partial charge in [0, 0.05) is 6.21 Å². The number of aromatic hydroxyl groups is 1. The number of aromatic amines is 1. The minimum absolute atomic E-state index is 0.0711. The van der Waals surface area contributed by atoms with Gasteiger partial charge in [-0.05, 0) is 30.4 Å². The van der Waals surface area contributed by atoms with Crippen LogP contribution >= 0.6 is 11.6 Å². The molecule has 0 amide bonds. The molecule has 6 nitrogen and oxygen atoms in total. The van der Waals surface area contributed by atoms with Crippen LogP contribution in [0.1, 0.15) is 5.56 Å². The lowest BCUT2D eigenvalue weighted by atomic mass is 10.2. The first-order valence-electron chi connectivity index (χ1n) is 6.33. The molecular formula is C15H10ClN3O3. The van der Waals surface area contributed by atoms with Crippen LogP contribution < -0.4 is 11.2 Å². The third-order valence-corrected chi connectivity index (χ3v) is 3.40. The van der Waals surface area contributed by atoms with E-state index in [0.717, 1.165) is 4.57 Å². The molecule has 22 heavy (non-hydrogen) atoms. The average molecular weight is 316 g/mol. The molecule has 0 aliphatic carbocycles. The molecule has 110 valence electrons. The largest absolute Gasteiger partial charge is 0.494 e. The van der Waals surface area contributed by atoms with Gasteiger partial charge in [-0.1, -0.05) is 23.7 Å². The molecule has 2 aromatic rings. The van der Waals surface area contributed by atoms with Crippen LogP contribution in [0.4, 0.5) is 0 Å². The molecular weight excluding hydrogens is 306 g/mol. The fourth-order valence-corrected chi connectivity index (χ4v) is 2.29. The number of benzene rings is 1. The molecule has 1 aliphatic heterocycles. The topological polar surface area (TPSA) is 87.5 Å². The van der Waals surface area contributed by atoms with Gasteiger partial charge in [-0.3, -0.25) is 14.8 Å². The highest BCUT2D eigenvalue weighted by Crippen LogP contribution is 2.24. The molecule has 0 saturated carbocycles. The van der Waals surface area contributed by atoms with E-state index in [-0.39, 0.29) is 16.3 Å². The summed E-state index contributed by atoms with van der Waals surface area (Å²) in [7, 11) is 0. The van der Waals surface area contributed by atoms with Gasteiger partial charge in [0.2, 0.25) is 5.88 Å². The first kappa shape index (κ1) is 14.1. The number of H-pyrrole nitrogens is 1. The highest BCUT2D eigenvalue weighted by molar-refractivity contribution is 6.32. The van der Waals surface area contributed by atoms with Crippen LogP contribution in [-0.4, -0.2) is 20.9 Å². The summed E-state index contributed by atoms with van der Waals surface area (Å²) < 4.78 is 0.943. The number of aliphatic imine (C=N–C) groups is 1. The van der Waals surface area contributed by atoms with Gasteiger partial charge in [-0.2, -0.15) is 0 Å². The summed E-state index contributed by atoms with van der Waals surface area (Å²) in [6, 6.07) is 6.50. The molecule has 7 heteroatoms. The van der Waals surface area contributed by atoms with Crippen LogP contribution in [0.3, 0.4) is 0 Å². The summed E-state index contributed by atoms with van der Waals surface area (Å²) in [6.45, 7) is 0. The van der Waals surface area contributed by atoms with E-state index in [1.54, 1.807) is 42.6 Å². The minimum atomic E-state index is -0.775. The maximum atomic E-state index is 12.0.